The Bertz CT molecular complexity index is 420. The first-order valence-electron chi connectivity index (χ1n) is 4.15. The van der Waals surface area contributed by atoms with Crippen LogP contribution in [0.25, 0.3) is 10.9 Å². The first-order valence-corrected chi connectivity index (χ1v) is 4.15. The van der Waals surface area contributed by atoms with Crippen molar-refractivity contribution in [2.45, 2.75) is 13.3 Å². The van der Waals surface area contributed by atoms with Crippen molar-refractivity contribution in [2.24, 2.45) is 0 Å². The topological polar surface area (TPSA) is 45.4 Å². The van der Waals surface area contributed by atoms with Gasteiger partial charge in [-0.3, -0.25) is 0 Å². The highest BCUT2D eigenvalue weighted by Gasteiger charge is 2.02. The van der Waals surface area contributed by atoms with E-state index in [0.717, 1.165) is 16.5 Å². The molecule has 0 unspecified atom stereocenters. The number of hydrogen-bond donors (Lipinski definition) is 2. The molecular formula is C10H11NO2. The third-order valence-corrected chi connectivity index (χ3v) is 2.23. The molecule has 0 aliphatic carbocycles. The van der Waals surface area contributed by atoms with E-state index in [2.05, 4.69) is 0 Å². The monoisotopic (exact) mass is 177 g/mol. The van der Waals surface area contributed by atoms with Gasteiger partial charge in [0, 0.05) is 11.6 Å². The van der Waals surface area contributed by atoms with Crippen LogP contribution in [0.4, 0.5) is 0 Å². The number of fused-ring (bicyclic) bond motifs is 1. The molecule has 1 aromatic heterocycles. The predicted octanol–water partition coefficient (Wildman–Crippen LogP) is 1.08. The third-order valence-electron chi connectivity index (χ3n) is 2.23. The lowest BCUT2D eigenvalue weighted by atomic mass is 10.1. The summed E-state index contributed by atoms with van der Waals surface area (Å²) in [4.78, 5) is 0. The molecule has 0 saturated heterocycles. The van der Waals surface area contributed by atoms with E-state index in [1.165, 1.54) is 0 Å². The summed E-state index contributed by atoms with van der Waals surface area (Å²) in [5.74, 6) is 0. The molecule has 3 nitrogen and oxygen atoms in total. The van der Waals surface area contributed by atoms with Crippen LogP contribution in [0.1, 0.15) is 5.56 Å². The third kappa shape index (κ3) is 1.22. The Balaban J connectivity index is 2.72. The Kier molecular flexibility index (Phi) is 2.04. The zero-order chi connectivity index (χ0) is 9.26. The summed E-state index contributed by atoms with van der Waals surface area (Å²) in [6, 6.07) is 7.58. The molecule has 0 aliphatic heterocycles. The maximum absolute atomic E-state index is 9.05. The smallest absolute Gasteiger partial charge is 0.119 e. The lowest BCUT2D eigenvalue weighted by Crippen LogP contribution is -1.93. The van der Waals surface area contributed by atoms with Crippen LogP contribution in [0.15, 0.2) is 30.5 Å². The summed E-state index contributed by atoms with van der Waals surface area (Å²) in [5, 5.41) is 19.0. The number of hydrogen-bond acceptors (Lipinski definition) is 2. The van der Waals surface area contributed by atoms with E-state index in [9.17, 15) is 0 Å². The SMILES string of the molecule is OCc1cccc2c1ccn2CO. The molecule has 0 spiro atoms. The van der Waals surface area contributed by atoms with Crippen molar-refractivity contribution in [3.63, 3.8) is 0 Å². The van der Waals surface area contributed by atoms with Gasteiger partial charge in [0.15, 0.2) is 0 Å². The maximum atomic E-state index is 9.05. The molecule has 0 saturated carbocycles. The van der Waals surface area contributed by atoms with Gasteiger partial charge in [0.1, 0.15) is 6.73 Å². The van der Waals surface area contributed by atoms with Crippen LogP contribution >= 0.6 is 0 Å². The summed E-state index contributed by atoms with van der Waals surface area (Å²) < 4.78 is 1.73. The Labute approximate surface area is 75.9 Å². The average Bonchev–Trinajstić information content (AvgIpc) is 2.60. The minimum atomic E-state index is -0.0294. The van der Waals surface area contributed by atoms with Crippen LogP contribution in [-0.2, 0) is 13.3 Å². The summed E-state index contributed by atoms with van der Waals surface area (Å²) in [5.41, 5.74) is 1.85. The van der Waals surface area contributed by atoms with Gasteiger partial charge in [0.05, 0.1) is 12.1 Å². The van der Waals surface area contributed by atoms with E-state index in [0.29, 0.717) is 0 Å². The molecule has 13 heavy (non-hydrogen) atoms. The van der Waals surface area contributed by atoms with Crippen molar-refractivity contribution < 1.29 is 10.2 Å². The van der Waals surface area contributed by atoms with Crippen molar-refractivity contribution >= 4 is 10.9 Å². The number of aromatic nitrogens is 1. The van der Waals surface area contributed by atoms with Gasteiger partial charge in [-0.05, 0) is 17.7 Å². The number of rotatable bonds is 2. The van der Waals surface area contributed by atoms with Gasteiger partial charge in [-0.25, -0.2) is 0 Å². The molecule has 1 heterocycles. The van der Waals surface area contributed by atoms with Crippen LogP contribution in [0.5, 0.6) is 0 Å². The second-order valence-corrected chi connectivity index (χ2v) is 2.93. The second kappa shape index (κ2) is 3.20. The molecule has 2 N–H and O–H groups in total. The lowest BCUT2D eigenvalue weighted by molar-refractivity contribution is 0.215. The van der Waals surface area contributed by atoms with Gasteiger partial charge in [-0.15, -0.1) is 0 Å². The molecule has 0 amide bonds. The fourth-order valence-electron chi connectivity index (χ4n) is 1.55. The van der Waals surface area contributed by atoms with Gasteiger partial charge in [0.2, 0.25) is 0 Å². The highest BCUT2D eigenvalue weighted by Crippen LogP contribution is 2.19. The zero-order valence-electron chi connectivity index (χ0n) is 7.14. The fraction of sp³-hybridized carbons (Fsp3) is 0.200. The lowest BCUT2D eigenvalue weighted by Gasteiger charge is -2.01. The van der Waals surface area contributed by atoms with E-state index in [4.69, 9.17) is 10.2 Å². The summed E-state index contributed by atoms with van der Waals surface area (Å²) >= 11 is 0. The van der Waals surface area contributed by atoms with E-state index >= 15 is 0 Å². The molecule has 68 valence electrons. The predicted molar refractivity (Wildman–Crippen MR) is 50.1 cm³/mol. The zero-order valence-corrected chi connectivity index (χ0v) is 7.14. The number of aliphatic hydroxyl groups is 2. The van der Waals surface area contributed by atoms with E-state index in [1.54, 1.807) is 4.57 Å². The van der Waals surface area contributed by atoms with Crippen molar-refractivity contribution in [3.05, 3.63) is 36.0 Å². The van der Waals surface area contributed by atoms with Crippen LogP contribution in [0.2, 0.25) is 0 Å². The van der Waals surface area contributed by atoms with Gasteiger partial charge in [-0.2, -0.15) is 0 Å². The van der Waals surface area contributed by atoms with E-state index < -0.39 is 0 Å². The molecule has 2 rings (SSSR count). The Morgan fingerprint density at radius 2 is 2.00 bits per heavy atom. The Morgan fingerprint density at radius 3 is 2.69 bits per heavy atom. The first-order chi connectivity index (χ1) is 6.36. The second-order valence-electron chi connectivity index (χ2n) is 2.93. The molecule has 1 aromatic carbocycles. The van der Waals surface area contributed by atoms with Gasteiger partial charge in [-0.1, -0.05) is 12.1 Å². The number of aliphatic hydroxyl groups excluding tert-OH is 2. The van der Waals surface area contributed by atoms with E-state index in [-0.39, 0.29) is 13.3 Å². The first kappa shape index (κ1) is 8.29. The molecule has 0 bridgehead atoms. The van der Waals surface area contributed by atoms with Gasteiger partial charge < -0.3 is 14.8 Å². The largest absolute Gasteiger partial charge is 0.392 e. The van der Waals surface area contributed by atoms with Crippen molar-refractivity contribution in [1.82, 2.24) is 4.57 Å². The average molecular weight is 177 g/mol. The normalized spacial score (nSPS) is 10.9. The summed E-state index contributed by atoms with van der Waals surface area (Å²) in [6.45, 7) is 0.00512. The molecule has 0 radical (unpaired) electrons. The Morgan fingerprint density at radius 1 is 1.15 bits per heavy atom. The van der Waals surface area contributed by atoms with Crippen LogP contribution < -0.4 is 0 Å². The van der Waals surface area contributed by atoms with Crippen molar-refractivity contribution in [3.8, 4) is 0 Å². The Hall–Kier alpha value is -1.32. The van der Waals surface area contributed by atoms with Gasteiger partial charge >= 0.3 is 0 Å². The molecule has 0 fully saturated rings. The molecule has 0 atom stereocenters. The minimum Gasteiger partial charge on any atom is -0.392 e. The van der Waals surface area contributed by atoms with Crippen molar-refractivity contribution in [1.29, 1.82) is 0 Å². The quantitative estimate of drug-likeness (QED) is 0.721. The van der Waals surface area contributed by atoms with Crippen LogP contribution in [0, 0.1) is 0 Å². The standard InChI is InChI=1S/C10H11NO2/c12-6-8-2-1-3-10-9(8)4-5-11(10)7-13/h1-5,12-13H,6-7H2. The number of benzene rings is 1. The van der Waals surface area contributed by atoms with E-state index in [1.807, 2.05) is 30.5 Å². The van der Waals surface area contributed by atoms with Gasteiger partial charge in [0.25, 0.3) is 0 Å². The maximum Gasteiger partial charge on any atom is 0.119 e. The highest BCUT2D eigenvalue weighted by molar-refractivity contribution is 5.83. The summed E-state index contributed by atoms with van der Waals surface area (Å²) in [7, 11) is 0. The molecule has 3 heteroatoms. The molecule has 0 aliphatic rings. The van der Waals surface area contributed by atoms with Crippen LogP contribution in [-0.4, -0.2) is 14.8 Å². The fourth-order valence-corrected chi connectivity index (χ4v) is 1.55. The van der Waals surface area contributed by atoms with Crippen LogP contribution in [0.3, 0.4) is 0 Å². The summed E-state index contributed by atoms with van der Waals surface area (Å²) in [6.07, 6.45) is 1.81. The van der Waals surface area contributed by atoms with Crippen molar-refractivity contribution in [2.75, 3.05) is 0 Å². The minimum absolute atomic E-state index is 0.0294. The molecular weight excluding hydrogens is 166 g/mol. The molecule has 2 aromatic rings. The highest BCUT2D eigenvalue weighted by atomic mass is 16.3. The number of nitrogens with zero attached hydrogens (tertiary/aromatic N) is 1.